The third-order valence-electron chi connectivity index (χ3n) is 4.14. The molecule has 0 aliphatic heterocycles. The number of carbonyl (C=O) groups is 1. The van der Waals surface area contributed by atoms with Crippen molar-refractivity contribution in [1.82, 2.24) is 14.5 Å². The molecular weight excluding hydrogens is 366 g/mol. The van der Waals surface area contributed by atoms with Crippen molar-refractivity contribution >= 4 is 17.4 Å². The fourth-order valence-corrected chi connectivity index (χ4v) is 2.79. The van der Waals surface area contributed by atoms with Crippen molar-refractivity contribution in [1.29, 1.82) is 0 Å². The quantitative estimate of drug-likeness (QED) is 0.468. The van der Waals surface area contributed by atoms with E-state index in [9.17, 15) is 4.79 Å². The Morgan fingerprint density at radius 2 is 1.97 bits per heavy atom. The van der Waals surface area contributed by atoms with E-state index in [0.717, 1.165) is 11.3 Å². The van der Waals surface area contributed by atoms with Gasteiger partial charge in [-0.2, -0.15) is 0 Å². The zero-order valence-corrected chi connectivity index (χ0v) is 16.9. The lowest BCUT2D eigenvalue weighted by atomic mass is 10.1. The van der Waals surface area contributed by atoms with Crippen molar-refractivity contribution in [2.24, 2.45) is 18.1 Å². The van der Waals surface area contributed by atoms with Crippen LogP contribution in [0.25, 0.3) is 0 Å². The molecule has 2 aromatic heterocycles. The predicted molar refractivity (Wildman–Crippen MR) is 112 cm³/mol. The summed E-state index contributed by atoms with van der Waals surface area (Å²) < 4.78 is 1.89. The monoisotopic (exact) mass is 391 g/mol. The number of hydrogen-bond donors (Lipinski definition) is 1. The molecule has 2 heterocycles. The van der Waals surface area contributed by atoms with E-state index in [1.807, 2.05) is 67.9 Å². The van der Waals surface area contributed by atoms with Gasteiger partial charge in [0.2, 0.25) is 5.91 Å². The molecule has 0 spiro atoms. The van der Waals surface area contributed by atoms with E-state index in [2.05, 4.69) is 20.4 Å². The van der Waals surface area contributed by atoms with Gasteiger partial charge in [0, 0.05) is 19.0 Å². The van der Waals surface area contributed by atoms with Crippen LogP contribution in [-0.2, 0) is 23.3 Å². The minimum Gasteiger partial charge on any atom is -0.389 e. The third kappa shape index (κ3) is 5.75. The van der Waals surface area contributed by atoms with Crippen LogP contribution in [-0.4, -0.2) is 26.2 Å². The minimum atomic E-state index is -0.0499. The van der Waals surface area contributed by atoms with Gasteiger partial charge < -0.3 is 14.7 Å². The first-order valence-corrected chi connectivity index (χ1v) is 9.51. The standard InChI is InChI=1S/C22H25N5O2/c1-16(2)12-21(28)25-20-11-7-10-18(24-20)14-29-26-22(17-8-5-4-6-9-17)19-13-23-15-27(19)3/h4-11,13,15-16H,12,14H2,1-3H3,(H,24,25,28). The number of oxime groups is 1. The topological polar surface area (TPSA) is 81.4 Å². The summed E-state index contributed by atoms with van der Waals surface area (Å²) in [5.41, 5.74) is 3.14. The zero-order chi connectivity index (χ0) is 20.6. The molecular formula is C22H25N5O2. The molecule has 3 rings (SSSR count). The molecule has 7 heteroatoms. The smallest absolute Gasteiger partial charge is 0.225 e. The molecule has 1 N–H and O–H groups in total. The number of aryl methyl sites for hydroxylation is 1. The molecule has 0 fully saturated rings. The number of carbonyl (C=O) groups excluding carboxylic acids is 1. The molecule has 0 radical (unpaired) electrons. The fourth-order valence-electron chi connectivity index (χ4n) is 2.79. The predicted octanol–water partition coefficient (Wildman–Crippen LogP) is 3.77. The van der Waals surface area contributed by atoms with Crippen molar-refractivity contribution in [3.63, 3.8) is 0 Å². The van der Waals surface area contributed by atoms with Gasteiger partial charge in [-0.15, -0.1) is 0 Å². The summed E-state index contributed by atoms with van der Waals surface area (Å²) in [6.07, 6.45) is 3.93. The average Bonchev–Trinajstić information content (AvgIpc) is 3.11. The van der Waals surface area contributed by atoms with E-state index in [0.29, 0.717) is 29.6 Å². The lowest BCUT2D eigenvalue weighted by molar-refractivity contribution is -0.116. The summed E-state index contributed by atoms with van der Waals surface area (Å²) >= 11 is 0. The second kappa shape index (κ2) is 9.64. The van der Waals surface area contributed by atoms with Crippen LogP contribution in [0.1, 0.15) is 37.2 Å². The van der Waals surface area contributed by atoms with Gasteiger partial charge in [0.25, 0.3) is 0 Å². The molecule has 0 aliphatic rings. The Morgan fingerprint density at radius 3 is 2.66 bits per heavy atom. The third-order valence-corrected chi connectivity index (χ3v) is 4.14. The number of amides is 1. The maximum Gasteiger partial charge on any atom is 0.225 e. The Hall–Kier alpha value is -3.48. The van der Waals surface area contributed by atoms with Gasteiger partial charge in [0.1, 0.15) is 11.5 Å². The van der Waals surface area contributed by atoms with Gasteiger partial charge in [0.05, 0.1) is 23.9 Å². The number of hydrogen-bond acceptors (Lipinski definition) is 5. The van der Waals surface area contributed by atoms with E-state index >= 15 is 0 Å². The molecule has 0 aliphatic carbocycles. The van der Waals surface area contributed by atoms with Crippen LogP contribution in [0.4, 0.5) is 5.82 Å². The lowest BCUT2D eigenvalue weighted by Crippen LogP contribution is -2.15. The summed E-state index contributed by atoms with van der Waals surface area (Å²) in [6.45, 7) is 4.19. The Bertz CT molecular complexity index is 980. The molecule has 3 aromatic rings. The van der Waals surface area contributed by atoms with Gasteiger partial charge in [-0.25, -0.2) is 9.97 Å². The van der Waals surface area contributed by atoms with Crippen LogP contribution < -0.4 is 5.32 Å². The first-order chi connectivity index (χ1) is 14.0. The first-order valence-electron chi connectivity index (χ1n) is 9.51. The van der Waals surface area contributed by atoms with Gasteiger partial charge in [-0.3, -0.25) is 4.79 Å². The number of rotatable bonds is 8. The number of anilines is 1. The largest absolute Gasteiger partial charge is 0.389 e. The molecule has 1 aromatic carbocycles. The van der Waals surface area contributed by atoms with E-state index < -0.39 is 0 Å². The summed E-state index contributed by atoms with van der Waals surface area (Å²) in [4.78, 5) is 26.2. The fraction of sp³-hybridized carbons (Fsp3) is 0.273. The molecule has 1 amide bonds. The molecule has 7 nitrogen and oxygen atoms in total. The molecule has 0 bridgehead atoms. The molecule has 0 atom stereocenters. The van der Waals surface area contributed by atoms with Crippen LogP contribution in [0, 0.1) is 5.92 Å². The van der Waals surface area contributed by atoms with Gasteiger partial charge in [-0.05, 0) is 18.1 Å². The Balaban J connectivity index is 1.72. The summed E-state index contributed by atoms with van der Waals surface area (Å²) in [6, 6.07) is 15.2. The number of aromatic nitrogens is 3. The van der Waals surface area contributed by atoms with Gasteiger partial charge in [-0.1, -0.05) is 55.4 Å². The second-order valence-corrected chi connectivity index (χ2v) is 7.13. The van der Waals surface area contributed by atoms with Gasteiger partial charge >= 0.3 is 0 Å². The van der Waals surface area contributed by atoms with E-state index in [1.165, 1.54) is 0 Å². The van der Waals surface area contributed by atoms with Crippen molar-refractivity contribution in [3.05, 3.63) is 78.0 Å². The van der Waals surface area contributed by atoms with E-state index in [4.69, 9.17) is 4.84 Å². The van der Waals surface area contributed by atoms with Crippen molar-refractivity contribution in [3.8, 4) is 0 Å². The second-order valence-electron chi connectivity index (χ2n) is 7.13. The summed E-state index contributed by atoms with van der Waals surface area (Å²) in [5, 5.41) is 7.17. The molecule has 0 unspecified atom stereocenters. The maximum absolute atomic E-state index is 11.9. The highest BCUT2D eigenvalue weighted by atomic mass is 16.6. The zero-order valence-electron chi connectivity index (χ0n) is 16.9. The number of nitrogens with one attached hydrogen (secondary N) is 1. The van der Waals surface area contributed by atoms with Crippen LogP contribution in [0.2, 0.25) is 0 Å². The van der Waals surface area contributed by atoms with Crippen molar-refractivity contribution < 1.29 is 9.63 Å². The Morgan fingerprint density at radius 1 is 1.17 bits per heavy atom. The SMILES string of the molecule is CC(C)CC(=O)Nc1cccc(CON=C(c2ccccc2)c2cncn2C)n1. The van der Waals surface area contributed by atoms with E-state index in [1.54, 1.807) is 18.6 Å². The molecule has 0 saturated carbocycles. The molecule has 29 heavy (non-hydrogen) atoms. The summed E-state index contributed by atoms with van der Waals surface area (Å²) in [5.74, 6) is 0.751. The van der Waals surface area contributed by atoms with Crippen molar-refractivity contribution in [2.45, 2.75) is 26.9 Å². The number of imidazole rings is 1. The maximum atomic E-state index is 11.9. The molecule has 150 valence electrons. The van der Waals surface area contributed by atoms with Gasteiger partial charge in [0.15, 0.2) is 6.61 Å². The highest BCUT2D eigenvalue weighted by Crippen LogP contribution is 2.12. The average molecular weight is 391 g/mol. The van der Waals surface area contributed by atoms with Crippen LogP contribution >= 0.6 is 0 Å². The number of pyridine rings is 1. The highest BCUT2D eigenvalue weighted by molar-refractivity contribution is 6.11. The highest BCUT2D eigenvalue weighted by Gasteiger charge is 2.12. The first kappa shape index (κ1) is 20.3. The Kier molecular flexibility index (Phi) is 6.73. The Labute approximate surface area is 170 Å². The van der Waals surface area contributed by atoms with E-state index in [-0.39, 0.29) is 12.5 Å². The normalized spacial score (nSPS) is 11.5. The molecule has 0 saturated heterocycles. The van der Waals surface area contributed by atoms with Crippen LogP contribution in [0.15, 0.2) is 66.2 Å². The number of benzene rings is 1. The number of nitrogens with zero attached hydrogens (tertiary/aromatic N) is 4. The lowest BCUT2D eigenvalue weighted by Gasteiger charge is -2.09. The summed E-state index contributed by atoms with van der Waals surface area (Å²) in [7, 11) is 1.91. The van der Waals surface area contributed by atoms with Crippen LogP contribution in [0.5, 0.6) is 0 Å². The van der Waals surface area contributed by atoms with Crippen LogP contribution in [0.3, 0.4) is 0 Å². The van der Waals surface area contributed by atoms with Crippen molar-refractivity contribution in [2.75, 3.05) is 5.32 Å². The minimum absolute atomic E-state index is 0.0499.